The molecule has 7 nitrogen and oxygen atoms in total. The highest BCUT2D eigenvalue weighted by atomic mass is 16.5. The summed E-state index contributed by atoms with van der Waals surface area (Å²) in [6.07, 6.45) is 1.38. The average molecular weight is 384 g/mol. The molecule has 28 heavy (non-hydrogen) atoms. The Kier molecular flexibility index (Phi) is 3.70. The van der Waals surface area contributed by atoms with Gasteiger partial charge in [-0.2, -0.15) is 5.26 Å². The number of aromatic nitrogens is 1. The fourth-order valence-electron chi connectivity index (χ4n) is 3.40. The van der Waals surface area contributed by atoms with E-state index in [1.54, 1.807) is 13.8 Å². The number of carboxylic acid groups (broad SMARTS) is 1. The summed E-state index contributed by atoms with van der Waals surface area (Å²) >= 11 is 0. The van der Waals surface area contributed by atoms with Crippen LogP contribution in [0.3, 0.4) is 0 Å². The molecule has 0 radical (unpaired) electrons. The van der Waals surface area contributed by atoms with Crippen molar-refractivity contribution in [2.75, 3.05) is 19.0 Å². The van der Waals surface area contributed by atoms with E-state index in [2.05, 4.69) is 10.3 Å². The van der Waals surface area contributed by atoms with Gasteiger partial charge in [0.1, 0.15) is 5.75 Å². The maximum absolute atomic E-state index is 12.3. The van der Waals surface area contributed by atoms with E-state index < -0.39 is 25.3 Å². The van der Waals surface area contributed by atoms with Gasteiger partial charge in [-0.05, 0) is 38.4 Å². The quantitative estimate of drug-likeness (QED) is 0.812. The molecule has 7 heteroatoms. The zero-order valence-electron chi connectivity index (χ0n) is 20.5. The second-order valence-electron chi connectivity index (χ2n) is 6.21. The Hall–Kier alpha value is -3.53. The molecule has 0 saturated heterocycles. The molecular formula is C21H21N3O4. The van der Waals surface area contributed by atoms with Crippen LogP contribution in [0.25, 0.3) is 0 Å². The first-order chi connectivity index (χ1) is 15.3. The number of allylic oxidation sites excluding steroid dienone is 1. The first-order valence-electron chi connectivity index (χ1n) is 10.8. The van der Waals surface area contributed by atoms with E-state index in [1.165, 1.54) is 31.5 Å². The number of aryl methyl sites for hydroxylation is 1. The standard InChI is InChI=1S/C21H21N3O4/c1-5-28-20-18-17(14-7-6-13(9-22)8-15(14)27-4)16(21(25)26)12(3)24-19(18)11(2)10-23-20/h6-8,10,17,24H,5H2,1-4H3,(H,25,26)/i1D3,5D2. The molecule has 1 aliphatic heterocycles. The van der Waals surface area contributed by atoms with Gasteiger partial charge in [0, 0.05) is 21.6 Å². The number of anilines is 1. The predicted octanol–water partition coefficient (Wildman–Crippen LogP) is 3.59. The summed E-state index contributed by atoms with van der Waals surface area (Å²) in [6.45, 7) is -2.93. The third-order valence-electron chi connectivity index (χ3n) is 4.62. The number of benzene rings is 1. The molecule has 1 aliphatic rings. The molecule has 3 rings (SSSR count). The molecule has 1 aromatic heterocycles. The van der Waals surface area contributed by atoms with E-state index >= 15 is 0 Å². The minimum atomic E-state index is -3.13. The first-order valence-corrected chi connectivity index (χ1v) is 8.30. The van der Waals surface area contributed by atoms with Gasteiger partial charge in [-0.3, -0.25) is 0 Å². The Balaban J connectivity index is 2.36. The number of ether oxygens (including phenoxy) is 2. The van der Waals surface area contributed by atoms with Crippen LogP contribution in [-0.4, -0.2) is 29.7 Å². The van der Waals surface area contributed by atoms with Gasteiger partial charge >= 0.3 is 5.97 Å². The van der Waals surface area contributed by atoms with Crippen LogP contribution in [0.1, 0.15) is 48.8 Å². The molecule has 1 unspecified atom stereocenters. The second-order valence-corrected chi connectivity index (χ2v) is 6.21. The van der Waals surface area contributed by atoms with Crippen LogP contribution in [-0.2, 0) is 4.79 Å². The number of methoxy groups -OCH3 is 1. The fourth-order valence-corrected chi connectivity index (χ4v) is 3.40. The Morgan fingerprint density at radius 3 is 2.93 bits per heavy atom. The van der Waals surface area contributed by atoms with Crippen LogP contribution in [0.5, 0.6) is 11.6 Å². The van der Waals surface area contributed by atoms with E-state index in [0.717, 1.165) is 0 Å². The van der Waals surface area contributed by atoms with Gasteiger partial charge in [-0.1, -0.05) is 6.07 Å². The Bertz CT molecular complexity index is 1200. The Morgan fingerprint density at radius 1 is 1.50 bits per heavy atom. The van der Waals surface area contributed by atoms with Crippen LogP contribution in [0.4, 0.5) is 5.69 Å². The molecule has 0 fully saturated rings. The largest absolute Gasteiger partial charge is 0.496 e. The molecule has 2 N–H and O–H groups in total. The molecule has 0 aliphatic carbocycles. The zero-order chi connectivity index (χ0) is 24.7. The average Bonchev–Trinajstić information content (AvgIpc) is 2.73. The number of rotatable bonds is 5. The smallest absolute Gasteiger partial charge is 0.334 e. The van der Waals surface area contributed by atoms with Crippen molar-refractivity contribution in [1.29, 1.82) is 5.26 Å². The van der Waals surface area contributed by atoms with Crippen LogP contribution in [0.2, 0.25) is 0 Å². The van der Waals surface area contributed by atoms with Crippen molar-refractivity contribution in [2.45, 2.75) is 26.6 Å². The van der Waals surface area contributed by atoms with Crippen molar-refractivity contribution in [1.82, 2.24) is 4.98 Å². The van der Waals surface area contributed by atoms with E-state index in [0.29, 0.717) is 28.1 Å². The second kappa shape index (κ2) is 7.61. The number of carbonyl (C=O) groups is 1. The van der Waals surface area contributed by atoms with E-state index in [9.17, 15) is 15.2 Å². The lowest BCUT2D eigenvalue weighted by molar-refractivity contribution is -0.133. The van der Waals surface area contributed by atoms with Crippen LogP contribution < -0.4 is 14.8 Å². The van der Waals surface area contributed by atoms with E-state index in [4.69, 9.17) is 16.3 Å². The van der Waals surface area contributed by atoms with Crippen molar-refractivity contribution in [2.24, 2.45) is 0 Å². The third kappa shape index (κ3) is 3.14. The summed E-state index contributed by atoms with van der Waals surface area (Å²) in [4.78, 5) is 16.4. The van der Waals surface area contributed by atoms with Gasteiger partial charge < -0.3 is 19.9 Å². The first kappa shape index (κ1) is 13.6. The SMILES string of the molecule is [2H]C([2H])([2H])C([2H])([2H])Oc1ncc(C)c2c1C(c1ccc(C#N)cc1OC)C(C(=O)O)=C(C)N2. The third-order valence-corrected chi connectivity index (χ3v) is 4.62. The number of carboxylic acids is 1. The van der Waals surface area contributed by atoms with Crippen LogP contribution >= 0.6 is 0 Å². The van der Waals surface area contributed by atoms with E-state index in [-0.39, 0.29) is 22.8 Å². The van der Waals surface area contributed by atoms with Crippen molar-refractivity contribution < 1.29 is 26.2 Å². The maximum atomic E-state index is 12.3. The van der Waals surface area contributed by atoms with Crippen molar-refractivity contribution in [3.8, 4) is 17.7 Å². The monoisotopic (exact) mass is 384 g/mol. The summed E-state index contributed by atoms with van der Waals surface area (Å²) in [5.41, 5.74) is 2.06. The minimum Gasteiger partial charge on any atom is -0.496 e. The molecule has 2 aromatic rings. The number of fused-ring (bicyclic) bond motifs is 1. The van der Waals surface area contributed by atoms with Gasteiger partial charge in [0.05, 0.1) is 50.8 Å². The minimum absolute atomic E-state index is 0.0859. The van der Waals surface area contributed by atoms with Gasteiger partial charge in [0.15, 0.2) is 0 Å². The summed E-state index contributed by atoms with van der Waals surface area (Å²) in [7, 11) is 1.37. The van der Waals surface area contributed by atoms with E-state index in [1.807, 2.05) is 6.07 Å². The normalized spacial score (nSPS) is 18.9. The molecule has 144 valence electrons. The topological polar surface area (TPSA) is 104 Å². The fraction of sp³-hybridized carbons (Fsp3) is 0.286. The summed E-state index contributed by atoms with van der Waals surface area (Å²) in [6, 6.07) is 6.49. The predicted molar refractivity (Wildman–Crippen MR) is 104 cm³/mol. The lowest BCUT2D eigenvalue weighted by Crippen LogP contribution is -2.25. The van der Waals surface area contributed by atoms with Gasteiger partial charge in [-0.15, -0.1) is 0 Å². The number of pyridine rings is 1. The highest BCUT2D eigenvalue weighted by Crippen LogP contribution is 2.48. The molecule has 0 saturated carbocycles. The molecular weight excluding hydrogens is 358 g/mol. The number of nitrogens with zero attached hydrogens (tertiary/aromatic N) is 2. The number of aliphatic carboxylic acids is 1. The number of hydrogen-bond acceptors (Lipinski definition) is 6. The Morgan fingerprint density at radius 2 is 2.29 bits per heavy atom. The van der Waals surface area contributed by atoms with Crippen molar-refractivity contribution in [3.05, 3.63) is 57.9 Å². The van der Waals surface area contributed by atoms with Crippen LogP contribution in [0, 0.1) is 18.3 Å². The van der Waals surface area contributed by atoms with Crippen molar-refractivity contribution in [3.63, 3.8) is 0 Å². The summed E-state index contributed by atoms with van der Waals surface area (Å²) < 4.78 is 48.9. The Labute approximate surface area is 170 Å². The molecule has 0 bridgehead atoms. The molecule has 0 spiro atoms. The molecule has 2 heterocycles. The van der Waals surface area contributed by atoms with Gasteiger partial charge in [0.25, 0.3) is 0 Å². The number of nitrogens with one attached hydrogen (secondary N) is 1. The van der Waals surface area contributed by atoms with Gasteiger partial charge in [-0.25, -0.2) is 9.78 Å². The van der Waals surface area contributed by atoms with Gasteiger partial charge in [0.2, 0.25) is 5.88 Å². The highest BCUT2D eigenvalue weighted by Gasteiger charge is 2.37. The molecule has 1 atom stereocenters. The number of nitriles is 1. The zero-order valence-corrected chi connectivity index (χ0v) is 15.5. The maximum Gasteiger partial charge on any atom is 0.334 e. The summed E-state index contributed by atoms with van der Waals surface area (Å²) in [5.74, 6) is -2.46. The highest BCUT2D eigenvalue weighted by molar-refractivity contribution is 5.94. The van der Waals surface area contributed by atoms with Crippen molar-refractivity contribution >= 4 is 11.7 Å². The molecule has 1 aromatic carbocycles. The lowest BCUT2D eigenvalue weighted by atomic mass is 9.80. The summed E-state index contributed by atoms with van der Waals surface area (Å²) in [5, 5.41) is 22.3. The molecule has 0 amide bonds. The van der Waals surface area contributed by atoms with Crippen LogP contribution in [0.15, 0.2) is 35.7 Å². The number of hydrogen-bond donors (Lipinski definition) is 2. The lowest BCUT2D eigenvalue weighted by Gasteiger charge is -2.32.